The summed E-state index contributed by atoms with van der Waals surface area (Å²) in [5.41, 5.74) is 0. The third kappa shape index (κ3) is 3.89. The highest BCUT2D eigenvalue weighted by Crippen LogP contribution is 2.25. The molecule has 0 N–H and O–H groups in total. The first kappa shape index (κ1) is 17.0. The summed E-state index contributed by atoms with van der Waals surface area (Å²) in [6.45, 7) is 3.51. The van der Waals surface area contributed by atoms with Gasteiger partial charge in [0.1, 0.15) is 11.5 Å². The number of furan rings is 1. The summed E-state index contributed by atoms with van der Waals surface area (Å²) in [6.07, 6.45) is 2.16. The Morgan fingerprint density at radius 3 is 2.55 bits per heavy atom. The van der Waals surface area contributed by atoms with Gasteiger partial charge < -0.3 is 14.2 Å². The first-order chi connectivity index (χ1) is 10.2. The van der Waals surface area contributed by atoms with E-state index < -0.39 is 9.84 Å². The lowest BCUT2D eigenvalue weighted by Gasteiger charge is -2.23. The smallest absolute Gasteiger partial charge is 0.289 e. The number of amides is 1. The molecule has 0 saturated carbocycles. The highest BCUT2D eigenvalue weighted by Gasteiger charge is 2.36. The summed E-state index contributed by atoms with van der Waals surface area (Å²) in [6, 6.07) is 3.47. The topological polar surface area (TPSA) is 70.8 Å². The molecule has 0 aliphatic carbocycles. The number of likely N-dealkylation sites (N-methyl/N-ethyl adjacent to an activating group) is 1. The van der Waals surface area contributed by atoms with E-state index in [2.05, 4.69) is 11.8 Å². The van der Waals surface area contributed by atoms with E-state index in [-0.39, 0.29) is 17.4 Å². The molecule has 2 rings (SSSR count). The maximum Gasteiger partial charge on any atom is 0.289 e. The molecule has 2 atom stereocenters. The predicted molar refractivity (Wildman–Crippen MR) is 84.4 cm³/mol. The van der Waals surface area contributed by atoms with Gasteiger partial charge in [-0.2, -0.15) is 0 Å². The Balaban J connectivity index is 2.09. The van der Waals surface area contributed by atoms with Crippen LogP contribution in [0.5, 0.6) is 0 Å². The molecular weight excluding hydrogens is 304 g/mol. The maximum atomic E-state index is 12.5. The fraction of sp³-hybridized carbons (Fsp3) is 0.667. The number of hydrogen-bond donors (Lipinski definition) is 0. The molecule has 1 aromatic heterocycles. The molecule has 0 spiro atoms. The third-order valence-corrected chi connectivity index (χ3v) is 4.97. The predicted octanol–water partition coefficient (Wildman–Crippen LogP) is 1.24. The number of hydrogen-bond acceptors (Lipinski definition) is 5. The SMILES string of the molecule is CC[C@@H]1CN(C(=O)c2ccc(CS(C)(=O)=O)o2)C[C@H]1N(C)C. The second-order valence-electron chi connectivity index (χ2n) is 6.25. The standard InChI is InChI=1S/C15H24N2O4S/c1-5-11-8-17(9-13(11)16(2)3)15(18)14-7-6-12(21-14)10-22(4,19)20/h6-7,11,13H,5,8-10H2,1-4H3/t11-,13-/m1/s1. The minimum atomic E-state index is -3.17. The van der Waals surface area contributed by atoms with Gasteiger partial charge in [0.2, 0.25) is 0 Å². The lowest BCUT2D eigenvalue weighted by Crippen LogP contribution is -2.36. The van der Waals surface area contributed by atoms with Gasteiger partial charge >= 0.3 is 0 Å². The molecule has 22 heavy (non-hydrogen) atoms. The summed E-state index contributed by atoms with van der Waals surface area (Å²) in [5, 5.41) is 0. The maximum absolute atomic E-state index is 12.5. The van der Waals surface area contributed by atoms with Crippen LogP contribution in [0, 0.1) is 5.92 Å². The summed E-state index contributed by atoms with van der Waals surface area (Å²) in [5.74, 6) is 0.624. The van der Waals surface area contributed by atoms with Crippen molar-refractivity contribution >= 4 is 15.7 Å². The summed E-state index contributed by atoms with van der Waals surface area (Å²) >= 11 is 0. The molecular formula is C15H24N2O4S. The highest BCUT2D eigenvalue weighted by atomic mass is 32.2. The minimum Gasteiger partial charge on any atom is -0.455 e. The molecule has 0 unspecified atom stereocenters. The van der Waals surface area contributed by atoms with Crippen molar-refractivity contribution in [2.45, 2.75) is 25.1 Å². The van der Waals surface area contributed by atoms with Crippen LogP contribution in [0.4, 0.5) is 0 Å². The monoisotopic (exact) mass is 328 g/mol. The first-order valence-electron chi connectivity index (χ1n) is 7.43. The van der Waals surface area contributed by atoms with Gasteiger partial charge in [-0.25, -0.2) is 8.42 Å². The number of likely N-dealkylation sites (tertiary alicyclic amines) is 1. The number of nitrogens with zero attached hydrogens (tertiary/aromatic N) is 2. The van der Waals surface area contributed by atoms with Gasteiger partial charge in [0.25, 0.3) is 5.91 Å². The summed E-state index contributed by atoms with van der Waals surface area (Å²) in [4.78, 5) is 16.5. The van der Waals surface area contributed by atoms with Crippen molar-refractivity contribution in [2.24, 2.45) is 5.92 Å². The van der Waals surface area contributed by atoms with E-state index >= 15 is 0 Å². The lowest BCUT2D eigenvalue weighted by atomic mass is 10.0. The van der Waals surface area contributed by atoms with Crippen molar-refractivity contribution in [3.8, 4) is 0 Å². The average Bonchev–Trinajstić information content (AvgIpc) is 3.02. The van der Waals surface area contributed by atoms with Gasteiger partial charge in [0, 0.05) is 25.4 Å². The summed E-state index contributed by atoms with van der Waals surface area (Å²) < 4.78 is 28.0. The number of carbonyl (C=O) groups excluding carboxylic acids is 1. The van der Waals surface area contributed by atoms with Gasteiger partial charge in [-0.05, 0) is 32.1 Å². The molecule has 124 valence electrons. The van der Waals surface area contributed by atoms with E-state index in [1.54, 1.807) is 17.0 Å². The van der Waals surface area contributed by atoms with Crippen LogP contribution in [0.3, 0.4) is 0 Å². The molecule has 1 aliphatic heterocycles. The number of sulfone groups is 1. The van der Waals surface area contributed by atoms with Crippen LogP contribution >= 0.6 is 0 Å². The molecule has 0 bridgehead atoms. The van der Waals surface area contributed by atoms with Crippen LogP contribution in [0.25, 0.3) is 0 Å². The van der Waals surface area contributed by atoms with E-state index in [9.17, 15) is 13.2 Å². The summed E-state index contributed by atoms with van der Waals surface area (Å²) in [7, 11) is 0.886. The van der Waals surface area contributed by atoms with Crippen molar-refractivity contribution in [3.05, 3.63) is 23.7 Å². The first-order valence-corrected chi connectivity index (χ1v) is 9.49. The Kier molecular flexibility index (Phi) is 4.97. The molecule has 7 heteroatoms. The molecule has 1 saturated heterocycles. The Labute approximate surface area is 132 Å². The van der Waals surface area contributed by atoms with Gasteiger partial charge in [0.05, 0.1) is 0 Å². The van der Waals surface area contributed by atoms with Gasteiger partial charge in [-0.1, -0.05) is 13.3 Å². The fourth-order valence-corrected chi connectivity index (χ4v) is 3.66. The van der Waals surface area contributed by atoms with Crippen molar-refractivity contribution in [3.63, 3.8) is 0 Å². The molecule has 0 aromatic carbocycles. The van der Waals surface area contributed by atoms with E-state index in [1.165, 1.54) is 0 Å². The molecule has 1 aliphatic rings. The van der Waals surface area contributed by atoms with E-state index in [0.717, 1.165) is 12.7 Å². The van der Waals surface area contributed by atoms with Crippen molar-refractivity contribution < 1.29 is 17.6 Å². The molecule has 6 nitrogen and oxygen atoms in total. The van der Waals surface area contributed by atoms with Crippen molar-refractivity contribution in [2.75, 3.05) is 33.4 Å². The normalized spacial score (nSPS) is 22.5. The quantitative estimate of drug-likeness (QED) is 0.813. The third-order valence-electron chi connectivity index (χ3n) is 4.16. The van der Waals surface area contributed by atoms with Gasteiger partial charge in [-0.15, -0.1) is 0 Å². The second-order valence-corrected chi connectivity index (χ2v) is 8.39. The van der Waals surface area contributed by atoms with Crippen LogP contribution in [0.1, 0.15) is 29.7 Å². The average molecular weight is 328 g/mol. The van der Waals surface area contributed by atoms with Crippen LogP contribution in [-0.2, 0) is 15.6 Å². The van der Waals surface area contributed by atoms with Crippen molar-refractivity contribution in [1.82, 2.24) is 9.80 Å². The van der Waals surface area contributed by atoms with Gasteiger partial charge in [-0.3, -0.25) is 4.79 Å². The zero-order valence-electron chi connectivity index (χ0n) is 13.6. The second kappa shape index (κ2) is 6.42. The van der Waals surface area contributed by atoms with Crippen LogP contribution in [0.15, 0.2) is 16.5 Å². The lowest BCUT2D eigenvalue weighted by molar-refractivity contribution is 0.0747. The number of rotatable bonds is 5. The van der Waals surface area contributed by atoms with Crippen LogP contribution in [0.2, 0.25) is 0 Å². The molecule has 0 radical (unpaired) electrons. The Morgan fingerprint density at radius 2 is 2.05 bits per heavy atom. The molecule has 1 amide bonds. The molecule has 1 fully saturated rings. The fourth-order valence-electron chi connectivity index (χ4n) is 2.99. The molecule has 2 heterocycles. The largest absolute Gasteiger partial charge is 0.455 e. The molecule has 1 aromatic rings. The van der Waals surface area contributed by atoms with E-state index in [0.29, 0.717) is 30.8 Å². The van der Waals surface area contributed by atoms with E-state index in [4.69, 9.17) is 4.42 Å². The number of carbonyl (C=O) groups is 1. The Bertz CT molecular complexity index is 636. The van der Waals surface area contributed by atoms with E-state index in [1.807, 2.05) is 14.1 Å². The van der Waals surface area contributed by atoms with Crippen molar-refractivity contribution in [1.29, 1.82) is 0 Å². The minimum absolute atomic E-state index is 0.164. The Hall–Kier alpha value is -1.34. The zero-order valence-corrected chi connectivity index (χ0v) is 14.4. The highest BCUT2D eigenvalue weighted by molar-refractivity contribution is 7.89. The zero-order chi connectivity index (χ0) is 16.5. The Morgan fingerprint density at radius 1 is 1.36 bits per heavy atom. The van der Waals surface area contributed by atoms with Crippen LogP contribution < -0.4 is 0 Å². The van der Waals surface area contributed by atoms with Gasteiger partial charge in [0.15, 0.2) is 15.6 Å². The van der Waals surface area contributed by atoms with Crippen LogP contribution in [-0.4, -0.2) is 63.6 Å².